The predicted molar refractivity (Wildman–Crippen MR) is 113 cm³/mol. The second-order valence-electron chi connectivity index (χ2n) is 7.50. The Kier molecular flexibility index (Phi) is 6.88. The van der Waals surface area contributed by atoms with Crippen molar-refractivity contribution in [3.63, 3.8) is 0 Å². The topological polar surface area (TPSA) is 35.6 Å². The van der Waals surface area contributed by atoms with Gasteiger partial charge in [-0.2, -0.15) is 0 Å². The van der Waals surface area contributed by atoms with Crippen molar-refractivity contribution in [2.45, 2.75) is 26.7 Å². The van der Waals surface area contributed by atoms with Crippen LogP contribution in [0, 0.1) is 13.8 Å². The highest BCUT2D eigenvalue weighted by Crippen LogP contribution is 2.15. The summed E-state index contributed by atoms with van der Waals surface area (Å²) in [4.78, 5) is 17.2. The summed E-state index contributed by atoms with van der Waals surface area (Å²) in [5.41, 5.74) is 4.36. The van der Waals surface area contributed by atoms with E-state index in [1.807, 2.05) is 26.0 Å². The average molecular weight is 366 g/mol. The summed E-state index contributed by atoms with van der Waals surface area (Å²) < 4.78 is 0. The first-order valence-electron chi connectivity index (χ1n) is 10.0. The van der Waals surface area contributed by atoms with Crippen LogP contribution in [0.4, 0.5) is 5.69 Å². The van der Waals surface area contributed by atoms with Gasteiger partial charge in [0.05, 0.1) is 0 Å². The van der Waals surface area contributed by atoms with Crippen LogP contribution in [0.25, 0.3) is 0 Å². The van der Waals surface area contributed by atoms with Crippen LogP contribution in [0.2, 0.25) is 0 Å². The SMILES string of the molecule is Cc1cc(C)cc(C(=O)NCCCCN2CCN(c3ccccc3)CC2)c1. The van der Waals surface area contributed by atoms with E-state index in [1.165, 1.54) is 5.69 Å². The van der Waals surface area contributed by atoms with E-state index in [1.54, 1.807) is 0 Å². The van der Waals surface area contributed by atoms with Gasteiger partial charge < -0.3 is 10.2 Å². The third-order valence-corrected chi connectivity index (χ3v) is 5.16. The van der Waals surface area contributed by atoms with E-state index in [-0.39, 0.29) is 5.91 Å². The van der Waals surface area contributed by atoms with Gasteiger partial charge in [-0.05, 0) is 57.5 Å². The van der Waals surface area contributed by atoms with Gasteiger partial charge in [0.1, 0.15) is 0 Å². The number of amides is 1. The molecule has 0 saturated carbocycles. The first-order chi connectivity index (χ1) is 13.1. The maximum Gasteiger partial charge on any atom is 0.251 e. The molecule has 2 aromatic carbocycles. The van der Waals surface area contributed by atoms with E-state index in [4.69, 9.17) is 0 Å². The standard InChI is InChI=1S/C23H31N3O/c1-19-16-20(2)18-21(17-19)23(27)24-10-6-7-11-25-12-14-26(15-13-25)22-8-4-3-5-9-22/h3-5,8-9,16-18H,6-7,10-15H2,1-2H3,(H,24,27). The minimum Gasteiger partial charge on any atom is -0.369 e. The van der Waals surface area contributed by atoms with Crippen LogP contribution >= 0.6 is 0 Å². The van der Waals surface area contributed by atoms with Crippen molar-refractivity contribution in [1.82, 2.24) is 10.2 Å². The summed E-state index contributed by atoms with van der Waals surface area (Å²) in [5, 5.41) is 3.05. The van der Waals surface area contributed by atoms with Crippen molar-refractivity contribution < 1.29 is 4.79 Å². The number of aryl methyl sites for hydroxylation is 2. The van der Waals surface area contributed by atoms with Gasteiger partial charge in [-0.15, -0.1) is 0 Å². The van der Waals surface area contributed by atoms with Gasteiger partial charge in [0.2, 0.25) is 0 Å². The quantitative estimate of drug-likeness (QED) is 0.761. The fraction of sp³-hybridized carbons (Fsp3) is 0.435. The number of unbranched alkanes of at least 4 members (excludes halogenated alkanes) is 1. The number of benzene rings is 2. The van der Waals surface area contributed by atoms with Crippen molar-refractivity contribution >= 4 is 11.6 Å². The number of nitrogens with one attached hydrogen (secondary N) is 1. The number of nitrogens with zero attached hydrogens (tertiary/aromatic N) is 2. The van der Waals surface area contributed by atoms with Gasteiger partial charge in [0.15, 0.2) is 0 Å². The van der Waals surface area contributed by atoms with Crippen LogP contribution in [0.5, 0.6) is 0 Å². The number of para-hydroxylation sites is 1. The second-order valence-corrected chi connectivity index (χ2v) is 7.50. The van der Waals surface area contributed by atoms with Crippen molar-refractivity contribution in [2.24, 2.45) is 0 Å². The minimum atomic E-state index is 0.0401. The molecule has 0 radical (unpaired) electrons. The molecular weight excluding hydrogens is 334 g/mol. The zero-order chi connectivity index (χ0) is 19.1. The maximum atomic E-state index is 12.3. The molecule has 1 saturated heterocycles. The molecule has 4 nitrogen and oxygen atoms in total. The Morgan fingerprint density at radius 1 is 0.926 bits per heavy atom. The van der Waals surface area contributed by atoms with Crippen LogP contribution < -0.4 is 10.2 Å². The molecule has 1 aliphatic rings. The molecule has 1 amide bonds. The van der Waals surface area contributed by atoms with Crippen LogP contribution in [0.15, 0.2) is 48.5 Å². The lowest BCUT2D eigenvalue weighted by Crippen LogP contribution is -2.46. The molecule has 0 aromatic heterocycles. The highest BCUT2D eigenvalue weighted by atomic mass is 16.1. The molecule has 1 aliphatic heterocycles. The molecular formula is C23H31N3O. The zero-order valence-corrected chi connectivity index (χ0v) is 16.6. The van der Waals surface area contributed by atoms with Gasteiger partial charge in [-0.25, -0.2) is 0 Å². The summed E-state index contributed by atoms with van der Waals surface area (Å²) in [7, 11) is 0. The molecule has 0 bridgehead atoms. The van der Waals surface area contributed by atoms with E-state index < -0.39 is 0 Å². The molecule has 144 valence electrons. The van der Waals surface area contributed by atoms with Crippen molar-refractivity contribution in [2.75, 3.05) is 44.2 Å². The molecule has 0 atom stereocenters. The Hall–Kier alpha value is -2.33. The monoisotopic (exact) mass is 365 g/mol. The molecule has 1 heterocycles. The minimum absolute atomic E-state index is 0.0401. The summed E-state index contributed by atoms with van der Waals surface area (Å²) in [5.74, 6) is 0.0401. The molecule has 0 unspecified atom stereocenters. The first-order valence-corrected chi connectivity index (χ1v) is 10.0. The summed E-state index contributed by atoms with van der Waals surface area (Å²) in [6.07, 6.45) is 2.15. The zero-order valence-electron chi connectivity index (χ0n) is 16.6. The van der Waals surface area contributed by atoms with Crippen LogP contribution in [0.3, 0.4) is 0 Å². The fourth-order valence-electron chi connectivity index (χ4n) is 3.74. The number of carbonyl (C=O) groups excluding carboxylic acids is 1. The molecule has 1 fully saturated rings. The number of rotatable bonds is 7. The summed E-state index contributed by atoms with van der Waals surface area (Å²) >= 11 is 0. The van der Waals surface area contributed by atoms with E-state index in [0.717, 1.165) is 68.8 Å². The van der Waals surface area contributed by atoms with Gasteiger partial charge >= 0.3 is 0 Å². The number of piperazine rings is 1. The molecule has 0 aliphatic carbocycles. The Morgan fingerprint density at radius 3 is 2.26 bits per heavy atom. The first kappa shape index (κ1) is 19.4. The van der Waals surface area contributed by atoms with E-state index in [9.17, 15) is 4.79 Å². The highest BCUT2D eigenvalue weighted by molar-refractivity contribution is 5.94. The second kappa shape index (κ2) is 9.56. The van der Waals surface area contributed by atoms with Gasteiger partial charge in [0, 0.05) is 44.0 Å². The van der Waals surface area contributed by atoms with Crippen molar-refractivity contribution in [3.8, 4) is 0 Å². The maximum absolute atomic E-state index is 12.3. The van der Waals surface area contributed by atoms with Gasteiger partial charge in [-0.3, -0.25) is 9.69 Å². The molecule has 3 rings (SSSR count). The molecule has 2 aromatic rings. The van der Waals surface area contributed by atoms with Crippen LogP contribution in [-0.2, 0) is 0 Å². The number of hydrogen-bond donors (Lipinski definition) is 1. The van der Waals surface area contributed by atoms with Crippen molar-refractivity contribution in [1.29, 1.82) is 0 Å². The highest BCUT2D eigenvalue weighted by Gasteiger charge is 2.16. The van der Waals surface area contributed by atoms with Crippen LogP contribution in [0.1, 0.15) is 34.3 Å². The number of anilines is 1. The van der Waals surface area contributed by atoms with Gasteiger partial charge in [-0.1, -0.05) is 35.4 Å². The molecule has 27 heavy (non-hydrogen) atoms. The third-order valence-electron chi connectivity index (χ3n) is 5.16. The third kappa shape index (κ3) is 5.83. The molecule has 0 spiro atoms. The molecule has 4 heteroatoms. The Bertz CT molecular complexity index is 716. The lowest BCUT2D eigenvalue weighted by Gasteiger charge is -2.36. The normalized spacial score (nSPS) is 15.0. The number of carbonyl (C=O) groups is 1. The Balaban J connectivity index is 1.31. The predicted octanol–water partition coefficient (Wildman–Crippen LogP) is 3.64. The van der Waals surface area contributed by atoms with E-state index >= 15 is 0 Å². The Labute approximate surface area is 163 Å². The van der Waals surface area contributed by atoms with Crippen LogP contribution in [-0.4, -0.2) is 50.1 Å². The molecule has 1 N–H and O–H groups in total. The van der Waals surface area contributed by atoms with Gasteiger partial charge in [0.25, 0.3) is 5.91 Å². The summed E-state index contributed by atoms with van der Waals surface area (Å²) in [6, 6.07) is 16.7. The largest absolute Gasteiger partial charge is 0.369 e. The van der Waals surface area contributed by atoms with E-state index in [2.05, 4.69) is 51.5 Å². The lowest BCUT2D eigenvalue weighted by atomic mass is 10.1. The summed E-state index contributed by atoms with van der Waals surface area (Å²) in [6.45, 7) is 10.3. The number of hydrogen-bond acceptors (Lipinski definition) is 3. The fourth-order valence-corrected chi connectivity index (χ4v) is 3.74. The van der Waals surface area contributed by atoms with E-state index in [0.29, 0.717) is 0 Å². The lowest BCUT2D eigenvalue weighted by molar-refractivity contribution is 0.0952. The average Bonchev–Trinajstić information content (AvgIpc) is 2.68. The smallest absolute Gasteiger partial charge is 0.251 e. The van der Waals surface area contributed by atoms with Crippen molar-refractivity contribution in [3.05, 3.63) is 65.2 Å². The Morgan fingerprint density at radius 2 is 1.59 bits per heavy atom.